The van der Waals surface area contributed by atoms with Crippen LogP contribution in [0.4, 0.5) is 0 Å². The van der Waals surface area contributed by atoms with Gasteiger partial charge < -0.3 is 0 Å². The van der Waals surface area contributed by atoms with Crippen LogP contribution in [0.25, 0.3) is 0 Å². The van der Waals surface area contributed by atoms with E-state index >= 15 is 0 Å². The second kappa shape index (κ2) is 6.19. The summed E-state index contributed by atoms with van der Waals surface area (Å²) in [7, 11) is 0. The predicted molar refractivity (Wildman–Crippen MR) is 77.9 cm³/mol. The number of rotatable bonds is 5. The summed E-state index contributed by atoms with van der Waals surface area (Å²) in [5.74, 6) is 5.67. The van der Waals surface area contributed by atoms with Crippen LogP contribution >= 0.6 is 11.6 Å². The van der Waals surface area contributed by atoms with Crippen LogP contribution in [-0.4, -0.2) is 9.78 Å². The third kappa shape index (κ3) is 3.35. The van der Waals surface area contributed by atoms with Gasteiger partial charge in [-0.1, -0.05) is 23.7 Å². The molecule has 0 aliphatic rings. The van der Waals surface area contributed by atoms with Gasteiger partial charge in [0.25, 0.3) is 0 Å². The normalized spacial score (nSPS) is 12.6. The van der Waals surface area contributed by atoms with Gasteiger partial charge in [-0.3, -0.25) is 16.0 Å². The van der Waals surface area contributed by atoms with Crippen LogP contribution in [0.5, 0.6) is 0 Å². The molecule has 2 rings (SSSR count). The molecule has 1 heterocycles. The Kier molecular flexibility index (Phi) is 4.58. The Morgan fingerprint density at radius 3 is 2.84 bits per heavy atom. The van der Waals surface area contributed by atoms with Gasteiger partial charge in [0.05, 0.1) is 12.2 Å². The molecule has 0 saturated carbocycles. The van der Waals surface area contributed by atoms with Crippen LogP contribution in [0.3, 0.4) is 0 Å². The Morgan fingerprint density at radius 2 is 2.26 bits per heavy atom. The average molecular weight is 279 g/mol. The SMILES string of the molecule is CCn1cc(CC(NN)c2ccc(Cl)c(C)c2)cn1. The van der Waals surface area contributed by atoms with Crippen LogP contribution in [0.2, 0.25) is 5.02 Å². The second-order valence-electron chi connectivity index (χ2n) is 4.64. The second-order valence-corrected chi connectivity index (χ2v) is 5.04. The van der Waals surface area contributed by atoms with Crippen molar-refractivity contribution < 1.29 is 0 Å². The largest absolute Gasteiger partial charge is 0.273 e. The number of hydrogen-bond acceptors (Lipinski definition) is 3. The zero-order valence-electron chi connectivity index (χ0n) is 11.2. The van der Waals surface area contributed by atoms with Crippen LogP contribution in [0, 0.1) is 6.92 Å². The van der Waals surface area contributed by atoms with Gasteiger partial charge in [-0.25, -0.2) is 0 Å². The summed E-state index contributed by atoms with van der Waals surface area (Å²) in [6.07, 6.45) is 4.74. The summed E-state index contributed by atoms with van der Waals surface area (Å²) in [5.41, 5.74) is 6.22. The molecule has 0 spiro atoms. The molecule has 0 radical (unpaired) electrons. The lowest BCUT2D eigenvalue weighted by Crippen LogP contribution is -2.29. The molecule has 0 fully saturated rings. The minimum Gasteiger partial charge on any atom is -0.273 e. The fraction of sp³-hybridized carbons (Fsp3) is 0.357. The van der Waals surface area contributed by atoms with E-state index in [1.54, 1.807) is 0 Å². The van der Waals surface area contributed by atoms with Crippen LogP contribution in [0.1, 0.15) is 29.7 Å². The first-order chi connectivity index (χ1) is 9.13. The van der Waals surface area contributed by atoms with Crippen molar-refractivity contribution in [2.75, 3.05) is 0 Å². The van der Waals surface area contributed by atoms with E-state index in [9.17, 15) is 0 Å². The topological polar surface area (TPSA) is 55.9 Å². The van der Waals surface area contributed by atoms with Gasteiger partial charge in [0.1, 0.15) is 0 Å². The van der Waals surface area contributed by atoms with E-state index in [0.717, 1.165) is 34.7 Å². The van der Waals surface area contributed by atoms with Crippen molar-refractivity contribution in [1.82, 2.24) is 15.2 Å². The maximum atomic E-state index is 6.05. The highest BCUT2D eigenvalue weighted by atomic mass is 35.5. The minimum atomic E-state index is 0.0606. The van der Waals surface area contributed by atoms with E-state index in [1.165, 1.54) is 0 Å². The lowest BCUT2D eigenvalue weighted by atomic mass is 10.00. The number of nitrogens with one attached hydrogen (secondary N) is 1. The number of halogens is 1. The molecule has 1 aromatic heterocycles. The predicted octanol–water partition coefficient (Wildman–Crippen LogP) is 2.61. The smallest absolute Gasteiger partial charge is 0.0522 e. The summed E-state index contributed by atoms with van der Waals surface area (Å²) in [6, 6.07) is 6.04. The zero-order valence-corrected chi connectivity index (χ0v) is 12.0. The van der Waals surface area contributed by atoms with E-state index in [1.807, 2.05) is 36.1 Å². The fourth-order valence-corrected chi connectivity index (χ4v) is 2.20. The lowest BCUT2D eigenvalue weighted by Gasteiger charge is -2.16. The number of hydrogen-bond donors (Lipinski definition) is 2. The zero-order chi connectivity index (χ0) is 13.8. The van der Waals surface area contributed by atoms with E-state index < -0.39 is 0 Å². The van der Waals surface area contributed by atoms with Gasteiger partial charge in [-0.15, -0.1) is 0 Å². The number of nitrogens with two attached hydrogens (primary N) is 1. The summed E-state index contributed by atoms with van der Waals surface area (Å²) < 4.78 is 1.91. The Bertz CT molecular complexity index is 550. The van der Waals surface area contributed by atoms with Crippen molar-refractivity contribution in [1.29, 1.82) is 0 Å². The number of aryl methyl sites for hydroxylation is 2. The van der Waals surface area contributed by atoms with Gasteiger partial charge in [0, 0.05) is 17.8 Å². The minimum absolute atomic E-state index is 0.0606. The van der Waals surface area contributed by atoms with E-state index in [4.69, 9.17) is 17.4 Å². The van der Waals surface area contributed by atoms with Crippen LogP contribution in [0.15, 0.2) is 30.6 Å². The molecule has 5 heteroatoms. The Morgan fingerprint density at radius 1 is 1.47 bits per heavy atom. The van der Waals surface area contributed by atoms with Crippen molar-refractivity contribution in [3.63, 3.8) is 0 Å². The van der Waals surface area contributed by atoms with Crippen molar-refractivity contribution in [2.24, 2.45) is 5.84 Å². The molecule has 0 bridgehead atoms. The molecule has 0 amide bonds. The Balaban J connectivity index is 2.17. The van der Waals surface area contributed by atoms with E-state index in [2.05, 4.69) is 23.5 Å². The monoisotopic (exact) mass is 278 g/mol. The van der Waals surface area contributed by atoms with Crippen molar-refractivity contribution in [3.05, 3.63) is 52.3 Å². The van der Waals surface area contributed by atoms with Crippen LogP contribution < -0.4 is 11.3 Å². The van der Waals surface area contributed by atoms with Gasteiger partial charge in [-0.05, 0) is 43.0 Å². The first-order valence-electron chi connectivity index (χ1n) is 6.37. The molecule has 0 saturated heterocycles. The van der Waals surface area contributed by atoms with Crippen molar-refractivity contribution in [2.45, 2.75) is 32.9 Å². The maximum absolute atomic E-state index is 6.05. The van der Waals surface area contributed by atoms with E-state index in [-0.39, 0.29) is 6.04 Å². The lowest BCUT2D eigenvalue weighted by molar-refractivity contribution is 0.551. The molecular weight excluding hydrogens is 260 g/mol. The third-order valence-electron chi connectivity index (χ3n) is 3.24. The third-order valence-corrected chi connectivity index (χ3v) is 3.66. The highest BCUT2D eigenvalue weighted by molar-refractivity contribution is 6.31. The Labute approximate surface area is 118 Å². The van der Waals surface area contributed by atoms with Crippen molar-refractivity contribution in [3.8, 4) is 0 Å². The molecule has 0 aliphatic heterocycles. The number of aromatic nitrogens is 2. The van der Waals surface area contributed by atoms with Gasteiger partial charge in [0.2, 0.25) is 0 Å². The summed E-state index contributed by atoms with van der Waals surface area (Å²) in [6.45, 7) is 4.94. The molecule has 3 N–H and O–H groups in total. The quantitative estimate of drug-likeness (QED) is 0.653. The van der Waals surface area contributed by atoms with Crippen LogP contribution in [-0.2, 0) is 13.0 Å². The van der Waals surface area contributed by atoms with Gasteiger partial charge >= 0.3 is 0 Å². The first kappa shape index (κ1) is 14.1. The number of nitrogens with zero attached hydrogens (tertiary/aromatic N) is 2. The fourth-order valence-electron chi connectivity index (χ4n) is 2.08. The van der Waals surface area contributed by atoms with Gasteiger partial charge in [0.15, 0.2) is 0 Å². The maximum Gasteiger partial charge on any atom is 0.0522 e. The Hall–Kier alpha value is -1.36. The molecular formula is C14H19ClN4. The summed E-state index contributed by atoms with van der Waals surface area (Å²) >= 11 is 6.05. The molecule has 1 aromatic carbocycles. The highest BCUT2D eigenvalue weighted by Gasteiger charge is 2.12. The molecule has 19 heavy (non-hydrogen) atoms. The average Bonchev–Trinajstić information content (AvgIpc) is 2.87. The standard InChI is InChI=1S/C14H19ClN4/c1-3-19-9-11(8-17-19)7-14(18-16)12-4-5-13(15)10(2)6-12/h4-6,8-9,14,18H,3,7,16H2,1-2H3. The summed E-state index contributed by atoms with van der Waals surface area (Å²) in [4.78, 5) is 0. The molecule has 1 unspecified atom stereocenters. The van der Waals surface area contributed by atoms with Crippen molar-refractivity contribution >= 4 is 11.6 Å². The molecule has 102 valence electrons. The summed E-state index contributed by atoms with van der Waals surface area (Å²) in [5, 5.41) is 5.05. The number of hydrazine groups is 1. The highest BCUT2D eigenvalue weighted by Crippen LogP contribution is 2.23. The van der Waals surface area contributed by atoms with Gasteiger partial charge in [-0.2, -0.15) is 5.10 Å². The molecule has 1 atom stereocenters. The molecule has 0 aliphatic carbocycles. The van der Waals surface area contributed by atoms with E-state index in [0.29, 0.717) is 0 Å². The molecule has 4 nitrogen and oxygen atoms in total. The first-order valence-corrected chi connectivity index (χ1v) is 6.75. The molecule has 2 aromatic rings. The number of benzene rings is 1.